The SMILES string of the molecule is COc1ccc(Nc2ccc(NC(=O)c3cccc4ncccc34)cc2)cc1. The summed E-state index contributed by atoms with van der Waals surface area (Å²) in [5.74, 6) is 0.654. The van der Waals surface area contributed by atoms with Crippen molar-refractivity contribution in [2.75, 3.05) is 17.7 Å². The van der Waals surface area contributed by atoms with Crippen LogP contribution in [0.1, 0.15) is 10.4 Å². The number of aromatic nitrogens is 1. The Kier molecular flexibility index (Phi) is 4.89. The number of nitrogens with zero attached hydrogens (tertiary/aromatic N) is 1. The fourth-order valence-corrected chi connectivity index (χ4v) is 2.98. The second-order valence-electron chi connectivity index (χ2n) is 6.26. The van der Waals surface area contributed by atoms with Crippen LogP contribution in [0.2, 0.25) is 0 Å². The summed E-state index contributed by atoms with van der Waals surface area (Å²) in [5.41, 5.74) is 4.02. The number of benzene rings is 3. The summed E-state index contributed by atoms with van der Waals surface area (Å²) in [6, 6.07) is 24.5. The second kappa shape index (κ2) is 7.80. The number of amides is 1. The molecule has 1 heterocycles. The minimum absolute atomic E-state index is 0.158. The number of ether oxygens (including phenoxy) is 1. The van der Waals surface area contributed by atoms with Gasteiger partial charge in [0.1, 0.15) is 5.75 Å². The third-order valence-electron chi connectivity index (χ3n) is 4.41. The van der Waals surface area contributed by atoms with E-state index in [1.54, 1.807) is 19.4 Å². The average molecular weight is 369 g/mol. The number of carbonyl (C=O) groups excluding carboxylic acids is 1. The van der Waals surface area contributed by atoms with Gasteiger partial charge < -0.3 is 15.4 Å². The molecule has 0 saturated heterocycles. The van der Waals surface area contributed by atoms with Crippen LogP contribution in [0, 0.1) is 0 Å². The molecule has 2 N–H and O–H groups in total. The minimum Gasteiger partial charge on any atom is -0.497 e. The van der Waals surface area contributed by atoms with Crippen LogP contribution in [0.4, 0.5) is 17.1 Å². The molecule has 5 heteroatoms. The Morgan fingerprint density at radius 2 is 1.50 bits per heavy atom. The zero-order chi connectivity index (χ0) is 19.3. The zero-order valence-electron chi connectivity index (χ0n) is 15.3. The molecule has 0 fully saturated rings. The average Bonchev–Trinajstić information content (AvgIpc) is 2.75. The fraction of sp³-hybridized carbons (Fsp3) is 0.0435. The summed E-state index contributed by atoms with van der Waals surface area (Å²) in [7, 11) is 1.64. The third kappa shape index (κ3) is 3.78. The van der Waals surface area contributed by atoms with Gasteiger partial charge in [0, 0.05) is 34.2 Å². The van der Waals surface area contributed by atoms with Gasteiger partial charge in [-0.15, -0.1) is 0 Å². The first-order chi connectivity index (χ1) is 13.7. The quantitative estimate of drug-likeness (QED) is 0.505. The van der Waals surface area contributed by atoms with E-state index in [0.29, 0.717) is 5.56 Å². The van der Waals surface area contributed by atoms with Gasteiger partial charge in [-0.1, -0.05) is 12.1 Å². The van der Waals surface area contributed by atoms with Crippen LogP contribution in [0.3, 0.4) is 0 Å². The molecule has 5 nitrogen and oxygen atoms in total. The van der Waals surface area contributed by atoms with Gasteiger partial charge in [0.2, 0.25) is 0 Å². The highest BCUT2D eigenvalue weighted by molar-refractivity contribution is 6.12. The van der Waals surface area contributed by atoms with Gasteiger partial charge in [-0.3, -0.25) is 9.78 Å². The number of hydrogen-bond donors (Lipinski definition) is 2. The van der Waals surface area contributed by atoms with Crippen molar-refractivity contribution in [2.45, 2.75) is 0 Å². The van der Waals surface area contributed by atoms with Crippen molar-refractivity contribution in [3.63, 3.8) is 0 Å². The number of fused-ring (bicyclic) bond motifs is 1. The maximum Gasteiger partial charge on any atom is 0.256 e. The number of rotatable bonds is 5. The molecule has 0 unspecified atom stereocenters. The Morgan fingerprint density at radius 3 is 2.21 bits per heavy atom. The van der Waals surface area contributed by atoms with Crippen molar-refractivity contribution in [2.24, 2.45) is 0 Å². The lowest BCUT2D eigenvalue weighted by molar-refractivity contribution is 0.102. The van der Waals surface area contributed by atoms with Crippen LogP contribution in [-0.4, -0.2) is 18.0 Å². The number of carbonyl (C=O) groups is 1. The fourth-order valence-electron chi connectivity index (χ4n) is 2.98. The smallest absolute Gasteiger partial charge is 0.256 e. The normalized spacial score (nSPS) is 10.5. The van der Waals surface area contributed by atoms with E-state index in [1.165, 1.54) is 0 Å². The van der Waals surface area contributed by atoms with Crippen molar-refractivity contribution in [3.8, 4) is 5.75 Å². The lowest BCUT2D eigenvalue weighted by Crippen LogP contribution is -2.12. The Bertz CT molecular complexity index is 1100. The summed E-state index contributed by atoms with van der Waals surface area (Å²) >= 11 is 0. The van der Waals surface area contributed by atoms with Crippen molar-refractivity contribution >= 4 is 33.9 Å². The van der Waals surface area contributed by atoms with Gasteiger partial charge in [0.15, 0.2) is 0 Å². The molecular formula is C23H19N3O2. The van der Waals surface area contributed by atoms with Gasteiger partial charge in [-0.05, 0) is 66.7 Å². The van der Waals surface area contributed by atoms with Crippen molar-refractivity contribution in [1.29, 1.82) is 0 Å². The van der Waals surface area contributed by atoms with Crippen molar-refractivity contribution in [3.05, 3.63) is 90.6 Å². The Balaban J connectivity index is 1.47. The second-order valence-corrected chi connectivity index (χ2v) is 6.26. The first kappa shape index (κ1) is 17.5. The summed E-state index contributed by atoms with van der Waals surface area (Å²) < 4.78 is 5.16. The summed E-state index contributed by atoms with van der Waals surface area (Å²) in [4.78, 5) is 17.0. The van der Waals surface area contributed by atoms with Gasteiger partial charge in [-0.2, -0.15) is 0 Å². The molecule has 4 rings (SSSR count). The number of hydrogen-bond acceptors (Lipinski definition) is 4. The third-order valence-corrected chi connectivity index (χ3v) is 4.41. The Labute approximate surface area is 163 Å². The van der Waals surface area contributed by atoms with E-state index in [0.717, 1.165) is 33.7 Å². The molecule has 0 atom stereocenters. The van der Waals surface area contributed by atoms with Crippen molar-refractivity contribution in [1.82, 2.24) is 4.98 Å². The topological polar surface area (TPSA) is 63.2 Å². The number of methoxy groups -OCH3 is 1. The van der Waals surface area contributed by atoms with Crippen LogP contribution in [-0.2, 0) is 0 Å². The molecule has 0 radical (unpaired) electrons. The Morgan fingerprint density at radius 1 is 0.821 bits per heavy atom. The maximum absolute atomic E-state index is 12.7. The molecule has 28 heavy (non-hydrogen) atoms. The standard InChI is InChI=1S/C23H19N3O2/c1-28-19-13-11-17(12-14-19)25-16-7-9-18(10-8-16)26-23(27)21-4-2-6-22-20(21)5-3-15-24-22/h2-15,25H,1H3,(H,26,27). The summed E-state index contributed by atoms with van der Waals surface area (Å²) in [6.07, 6.45) is 1.72. The highest BCUT2D eigenvalue weighted by Gasteiger charge is 2.10. The lowest BCUT2D eigenvalue weighted by Gasteiger charge is -2.10. The number of pyridine rings is 1. The van der Waals surface area contributed by atoms with E-state index in [4.69, 9.17) is 4.74 Å². The largest absolute Gasteiger partial charge is 0.497 e. The van der Waals surface area contributed by atoms with Crippen LogP contribution >= 0.6 is 0 Å². The molecule has 0 saturated carbocycles. The predicted octanol–water partition coefficient (Wildman–Crippen LogP) is 5.24. The predicted molar refractivity (Wildman–Crippen MR) is 112 cm³/mol. The molecule has 1 amide bonds. The molecule has 0 aliphatic heterocycles. The molecule has 4 aromatic rings. The van der Waals surface area contributed by atoms with Crippen LogP contribution < -0.4 is 15.4 Å². The molecular weight excluding hydrogens is 350 g/mol. The molecule has 0 bridgehead atoms. The monoisotopic (exact) mass is 369 g/mol. The Hall–Kier alpha value is -3.86. The molecule has 3 aromatic carbocycles. The number of nitrogens with one attached hydrogen (secondary N) is 2. The lowest BCUT2D eigenvalue weighted by atomic mass is 10.1. The molecule has 0 aliphatic carbocycles. The van der Waals surface area contributed by atoms with Crippen LogP contribution in [0.25, 0.3) is 10.9 Å². The van der Waals surface area contributed by atoms with E-state index < -0.39 is 0 Å². The molecule has 0 spiro atoms. The molecule has 0 aliphatic rings. The first-order valence-electron chi connectivity index (χ1n) is 8.89. The highest BCUT2D eigenvalue weighted by Crippen LogP contribution is 2.22. The summed E-state index contributed by atoms with van der Waals surface area (Å²) in [5, 5.41) is 7.09. The molecule has 1 aromatic heterocycles. The highest BCUT2D eigenvalue weighted by atomic mass is 16.5. The number of anilines is 3. The van der Waals surface area contributed by atoms with Crippen LogP contribution in [0.15, 0.2) is 85.1 Å². The van der Waals surface area contributed by atoms with E-state index in [-0.39, 0.29) is 5.91 Å². The van der Waals surface area contributed by atoms with E-state index in [9.17, 15) is 4.79 Å². The van der Waals surface area contributed by atoms with Crippen molar-refractivity contribution < 1.29 is 9.53 Å². The first-order valence-corrected chi connectivity index (χ1v) is 8.89. The maximum atomic E-state index is 12.7. The van der Waals surface area contributed by atoms with E-state index in [2.05, 4.69) is 15.6 Å². The van der Waals surface area contributed by atoms with Gasteiger partial charge in [0.05, 0.1) is 12.6 Å². The van der Waals surface area contributed by atoms with Gasteiger partial charge in [0.25, 0.3) is 5.91 Å². The van der Waals surface area contributed by atoms with Gasteiger partial charge >= 0.3 is 0 Å². The zero-order valence-corrected chi connectivity index (χ0v) is 15.3. The van der Waals surface area contributed by atoms with E-state index >= 15 is 0 Å². The minimum atomic E-state index is -0.158. The van der Waals surface area contributed by atoms with Crippen LogP contribution in [0.5, 0.6) is 5.75 Å². The van der Waals surface area contributed by atoms with E-state index in [1.807, 2.05) is 72.8 Å². The van der Waals surface area contributed by atoms with Gasteiger partial charge in [-0.25, -0.2) is 0 Å². The molecule has 138 valence electrons. The summed E-state index contributed by atoms with van der Waals surface area (Å²) in [6.45, 7) is 0.